The zero-order chi connectivity index (χ0) is 27.0. The van der Waals surface area contributed by atoms with Gasteiger partial charge in [0.15, 0.2) is 0 Å². The maximum Gasteiger partial charge on any atom is 0.534 e. The first kappa shape index (κ1) is 27.4. The van der Waals surface area contributed by atoms with E-state index >= 15 is 0 Å². The molecule has 0 radical (unpaired) electrons. The number of hydrogen-bond donors (Lipinski definition) is 0. The summed E-state index contributed by atoms with van der Waals surface area (Å²) in [6.07, 6.45) is -0.270. The van der Waals surface area contributed by atoms with Gasteiger partial charge in [0, 0.05) is 33.8 Å². The maximum absolute atomic E-state index is 14.6. The van der Waals surface area contributed by atoms with Crippen molar-refractivity contribution < 1.29 is 44.2 Å². The van der Waals surface area contributed by atoms with Crippen molar-refractivity contribution in [2.45, 2.75) is 18.5 Å². The molecule has 0 aliphatic rings. The average molecular weight is 573 g/mol. The van der Waals surface area contributed by atoms with Crippen molar-refractivity contribution in [3.63, 3.8) is 0 Å². The SMILES string of the molecule is C[C@@H](Oc1cc(-c2ccc(OS(=O)(=O)C(F)(F)F)cc2F)cnc1[N+](=O)[O-])c1c(Cl)ccc(F)c1Cl. The van der Waals surface area contributed by atoms with Crippen molar-refractivity contribution in [1.29, 1.82) is 0 Å². The van der Waals surface area contributed by atoms with Gasteiger partial charge < -0.3 is 19.0 Å². The highest BCUT2D eigenvalue weighted by molar-refractivity contribution is 7.88. The lowest BCUT2D eigenvalue weighted by molar-refractivity contribution is -0.390. The Balaban J connectivity index is 2.00. The van der Waals surface area contributed by atoms with Crippen molar-refractivity contribution in [2.75, 3.05) is 0 Å². The Morgan fingerprint density at radius 3 is 2.33 bits per heavy atom. The number of hydrogen-bond acceptors (Lipinski definition) is 7. The zero-order valence-electron chi connectivity index (χ0n) is 17.5. The lowest BCUT2D eigenvalue weighted by Gasteiger charge is -2.18. The lowest BCUT2D eigenvalue weighted by atomic mass is 10.1. The van der Waals surface area contributed by atoms with Crippen LogP contribution in [0.1, 0.15) is 18.6 Å². The molecule has 0 aliphatic carbocycles. The molecule has 0 bridgehead atoms. The van der Waals surface area contributed by atoms with Crippen LogP contribution in [0.3, 0.4) is 0 Å². The highest BCUT2D eigenvalue weighted by atomic mass is 35.5. The molecular weight excluding hydrogens is 562 g/mol. The number of pyridine rings is 1. The van der Waals surface area contributed by atoms with Gasteiger partial charge in [0.25, 0.3) is 0 Å². The summed E-state index contributed by atoms with van der Waals surface area (Å²) in [6.45, 7) is 1.36. The average Bonchev–Trinajstić information content (AvgIpc) is 2.75. The van der Waals surface area contributed by atoms with Gasteiger partial charge in [-0.3, -0.25) is 0 Å². The lowest BCUT2D eigenvalue weighted by Crippen LogP contribution is -2.28. The van der Waals surface area contributed by atoms with Crippen LogP contribution in [0.4, 0.5) is 27.8 Å². The highest BCUT2D eigenvalue weighted by Crippen LogP contribution is 2.39. The number of aromatic nitrogens is 1. The Kier molecular flexibility index (Phi) is 7.62. The molecule has 36 heavy (non-hydrogen) atoms. The molecule has 16 heteroatoms. The molecular formula is C20H11Cl2F5N2O6S. The molecule has 0 saturated carbocycles. The Hall–Kier alpha value is -3.23. The number of nitro groups is 1. The third-order valence-corrected chi connectivity index (χ3v) is 6.23. The summed E-state index contributed by atoms with van der Waals surface area (Å²) in [5.74, 6) is -4.34. The van der Waals surface area contributed by atoms with Crippen LogP contribution in [-0.4, -0.2) is 23.8 Å². The third kappa shape index (κ3) is 5.60. The van der Waals surface area contributed by atoms with E-state index in [2.05, 4.69) is 9.17 Å². The van der Waals surface area contributed by atoms with Crippen molar-refractivity contribution in [2.24, 2.45) is 0 Å². The van der Waals surface area contributed by atoms with Gasteiger partial charge in [0.2, 0.25) is 5.75 Å². The number of rotatable bonds is 7. The summed E-state index contributed by atoms with van der Waals surface area (Å²) in [6, 6.07) is 5.16. The molecule has 0 saturated heterocycles. The topological polar surface area (TPSA) is 109 Å². The van der Waals surface area contributed by atoms with E-state index in [1.807, 2.05) is 0 Å². The minimum Gasteiger partial charge on any atom is -0.478 e. The molecule has 0 spiro atoms. The van der Waals surface area contributed by atoms with Crippen LogP contribution in [0.25, 0.3) is 11.1 Å². The molecule has 1 aromatic heterocycles. The van der Waals surface area contributed by atoms with Crippen LogP contribution in [0, 0.1) is 21.7 Å². The number of ether oxygens (including phenoxy) is 1. The van der Waals surface area contributed by atoms with Gasteiger partial charge in [0.05, 0.1) is 5.02 Å². The molecule has 0 aliphatic heterocycles. The fourth-order valence-electron chi connectivity index (χ4n) is 2.93. The second kappa shape index (κ2) is 10.0. The monoisotopic (exact) mass is 572 g/mol. The van der Waals surface area contributed by atoms with Gasteiger partial charge in [-0.05, 0) is 41.1 Å². The van der Waals surface area contributed by atoms with Gasteiger partial charge in [0.1, 0.15) is 29.7 Å². The van der Waals surface area contributed by atoms with Crippen molar-refractivity contribution in [1.82, 2.24) is 4.98 Å². The summed E-state index contributed by atoms with van der Waals surface area (Å²) in [7, 11) is -6.04. The van der Waals surface area contributed by atoms with E-state index in [1.165, 1.54) is 13.0 Å². The summed E-state index contributed by atoms with van der Waals surface area (Å²) in [5, 5.41) is 11.0. The molecule has 1 heterocycles. The predicted octanol–water partition coefficient (Wildman–Crippen LogP) is 6.61. The number of benzene rings is 2. The van der Waals surface area contributed by atoms with E-state index in [4.69, 9.17) is 27.9 Å². The predicted molar refractivity (Wildman–Crippen MR) is 117 cm³/mol. The largest absolute Gasteiger partial charge is 0.534 e. The Bertz CT molecular complexity index is 1450. The molecule has 0 fully saturated rings. The summed E-state index contributed by atoms with van der Waals surface area (Å²) >= 11 is 12.0. The van der Waals surface area contributed by atoms with Crippen molar-refractivity contribution in [3.05, 3.63) is 80.0 Å². The third-order valence-electron chi connectivity index (χ3n) is 4.54. The summed E-state index contributed by atoms with van der Waals surface area (Å²) in [5.41, 5.74) is -6.24. The van der Waals surface area contributed by atoms with Crippen LogP contribution < -0.4 is 8.92 Å². The minimum atomic E-state index is -6.04. The first-order chi connectivity index (χ1) is 16.6. The fraction of sp³-hybridized carbons (Fsp3) is 0.150. The van der Waals surface area contributed by atoms with Crippen LogP contribution in [0.2, 0.25) is 10.0 Å². The fourth-order valence-corrected chi connectivity index (χ4v) is 4.06. The molecule has 0 unspecified atom stereocenters. The molecule has 1 atom stereocenters. The summed E-state index contributed by atoms with van der Waals surface area (Å²) in [4.78, 5) is 14.1. The number of halogens is 7. The molecule has 0 amide bonds. The Morgan fingerprint density at radius 2 is 1.75 bits per heavy atom. The second-order valence-electron chi connectivity index (χ2n) is 6.94. The second-order valence-corrected chi connectivity index (χ2v) is 9.27. The normalized spacial score (nSPS) is 12.8. The Morgan fingerprint density at radius 1 is 1.08 bits per heavy atom. The first-order valence-corrected chi connectivity index (χ1v) is 11.5. The first-order valence-electron chi connectivity index (χ1n) is 9.37. The summed E-state index contributed by atoms with van der Waals surface area (Å²) < 4.78 is 97.6. The zero-order valence-corrected chi connectivity index (χ0v) is 19.8. The standard InChI is InChI=1S/C20H11Cl2F5N2O6S/c1-9(17-13(21)4-5-14(23)18(17)22)34-16-6-10(8-28-19(16)29(30)31)12-3-2-11(7-15(12)24)35-36(32,33)20(25,26)27/h2-9H,1H3/t9-/m1/s1. The molecule has 192 valence electrons. The maximum atomic E-state index is 14.6. The van der Waals surface area contributed by atoms with E-state index in [9.17, 15) is 40.5 Å². The van der Waals surface area contributed by atoms with E-state index in [-0.39, 0.29) is 21.7 Å². The van der Waals surface area contributed by atoms with E-state index in [0.717, 1.165) is 30.5 Å². The molecule has 2 aromatic carbocycles. The van der Waals surface area contributed by atoms with Crippen molar-refractivity contribution >= 4 is 39.1 Å². The van der Waals surface area contributed by atoms with E-state index < -0.39 is 60.6 Å². The van der Waals surface area contributed by atoms with Crippen LogP contribution in [-0.2, 0) is 10.1 Å². The van der Waals surface area contributed by atoms with Gasteiger partial charge in [-0.1, -0.05) is 23.2 Å². The van der Waals surface area contributed by atoms with E-state index in [1.54, 1.807) is 0 Å². The Labute approximate surface area is 209 Å². The molecule has 3 rings (SSSR count). The van der Waals surface area contributed by atoms with Gasteiger partial charge >= 0.3 is 21.4 Å². The van der Waals surface area contributed by atoms with Gasteiger partial charge in [-0.2, -0.15) is 21.6 Å². The smallest absolute Gasteiger partial charge is 0.478 e. The van der Waals surface area contributed by atoms with Gasteiger partial charge in [-0.25, -0.2) is 8.78 Å². The minimum absolute atomic E-state index is 0.00360. The van der Waals surface area contributed by atoms with Crippen LogP contribution >= 0.6 is 23.2 Å². The molecule has 3 aromatic rings. The number of nitrogens with zero attached hydrogens (tertiary/aromatic N) is 2. The highest BCUT2D eigenvalue weighted by Gasteiger charge is 2.48. The van der Waals surface area contributed by atoms with Crippen LogP contribution in [0.5, 0.6) is 11.5 Å². The van der Waals surface area contributed by atoms with Crippen molar-refractivity contribution in [3.8, 4) is 22.6 Å². The number of alkyl halides is 3. The quantitative estimate of drug-likeness (QED) is 0.0782. The van der Waals surface area contributed by atoms with Crippen LogP contribution in [0.15, 0.2) is 42.6 Å². The molecule has 8 nitrogen and oxygen atoms in total. The van der Waals surface area contributed by atoms with Gasteiger partial charge in [-0.15, -0.1) is 0 Å². The van der Waals surface area contributed by atoms with E-state index in [0.29, 0.717) is 6.07 Å². The molecule has 0 N–H and O–H groups in total.